The number of rotatable bonds is 6. The van der Waals surface area contributed by atoms with Gasteiger partial charge in [-0.3, -0.25) is 4.79 Å². The summed E-state index contributed by atoms with van der Waals surface area (Å²) in [5.41, 5.74) is 0.572. The monoisotopic (exact) mass is 267 g/mol. The number of amides is 1. The van der Waals surface area contributed by atoms with Crippen molar-refractivity contribution in [1.29, 1.82) is 0 Å². The van der Waals surface area contributed by atoms with Gasteiger partial charge in [-0.05, 0) is 31.0 Å². The number of benzene rings is 1. The zero-order chi connectivity index (χ0) is 14.4. The van der Waals surface area contributed by atoms with Gasteiger partial charge in [0.15, 0.2) is 0 Å². The van der Waals surface area contributed by atoms with Gasteiger partial charge in [0, 0.05) is 5.56 Å². The molecule has 2 N–H and O–H groups in total. The van der Waals surface area contributed by atoms with Gasteiger partial charge in [0.1, 0.15) is 11.9 Å². The quantitative estimate of drug-likeness (QED) is 0.832. The number of carbonyl (C=O) groups is 2. The molecule has 0 bridgehead atoms. The Balaban J connectivity index is 2.75. The van der Waals surface area contributed by atoms with Crippen LogP contribution in [0.25, 0.3) is 0 Å². The minimum Gasteiger partial charge on any atom is -0.480 e. The van der Waals surface area contributed by atoms with E-state index in [1.165, 1.54) is 12.1 Å². The van der Waals surface area contributed by atoms with Crippen LogP contribution in [0.1, 0.15) is 42.1 Å². The third-order valence-corrected chi connectivity index (χ3v) is 2.88. The third kappa shape index (κ3) is 4.35. The topological polar surface area (TPSA) is 66.4 Å². The average Bonchev–Trinajstić information content (AvgIpc) is 2.37. The molecule has 0 aliphatic carbocycles. The normalized spacial score (nSPS) is 11.9. The van der Waals surface area contributed by atoms with Crippen molar-refractivity contribution in [3.63, 3.8) is 0 Å². The Morgan fingerprint density at radius 3 is 2.63 bits per heavy atom. The number of nitrogens with one attached hydrogen (secondary N) is 1. The molecule has 104 valence electrons. The van der Waals surface area contributed by atoms with E-state index in [1.54, 1.807) is 6.92 Å². The summed E-state index contributed by atoms with van der Waals surface area (Å²) in [6.45, 7) is 3.54. The fraction of sp³-hybridized carbons (Fsp3) is 0.429. The lowest BCUT2D eigenvalue weighted by atomic mass is 10.1. The second-order valence-electron chi connectivity index (χ2n) is 4.47. The molecule has 0 radical (unpaired) electrons. The van der Waals surface area contributed by atoms with Gasteiger partial charge in [-0.1, -0.05) is 25.8 Å². The molecule has 19 heavy (non-hydrogen) atoms. The molecule has 0 saturated heterocycles. The average molecular weight is 267 g/mol. The lowest BCUT2D eigenvalue weighted by Crippen LogP contribution is -2.40. The molecule has 1 aromatic rings. The fourth-order valence-electron chi connectivity index (χ4n) is 1.64. The lowest BCUT2D eigenvalue weighted by Gasteiger charge is -2.14. The maximum atomic E-state index is 13.3. The van der Waals surface area contributed by atoms with Gasteiger partial charge in [0.25, 0.3) is 5.91 Å². The Bertz CT molecular complexity index is 474. The molecule has 1 rings (SSSR count). The first kappa shape index (κ1) is 15.1. The van der Waals surface area contributed by atoms with Crippen molar-refractivity contribution in [2.75, 3.05) is 0 Å². The summed E-state index contributed by atoms with van der Waals surface area (Å²) in [6.07, 6.45) is 1.92. The van der Waals surface area contributed by atoms with Gasteiger partial charge >= 0.3 is 5.97 Å². The molecule has 0 aromatic heterocycles. The van der Waals surface area contributed by atoms with Gasteiger partial charge < -0.3 is 10.4 Å². The number of carboxylic acids is 1. The Hall–Kier alpha value is -1.91. The molecule has 0 saturated carbocycles. The van der Waals surface area contributed by atoms with Gasteiger partial charge in [-0.15, -0.1) is 0 Å². The van der Waals surface area contributed by atoms with Crippen LogP contribution >= 0.6 is 0 Å². The number of carboxylic acid groups (broad SMARTS) is 1. The van der Waals surface area contributed by atoms with Gasteiger partial charge in [0.05, 0.1) is 0 Å². The second-order valence-corrected chi connectivity index (χ2v) is 4.47. The predicted molar refractivity (Wildman–Crippen MR) is 69.6 cm³/mol. The molecule has 1 aromatic carbocycles. The third-order valence-electron chi connectivity index (χ3n) is 2.88. The van der Waals surface area contributed by atoms with E-state index in [4.69, 9.17) is 5.11 Å². The van der Waals surface area contributed by atoms with Crippen molar-refractivity contribution in [2.24, 2.45) is 0 Å². The van der Waals surface area contributed by atoms with Crippen LogP contribution in [0.3, 0.4) is 0 Å². The molecule has 0 aliphatic heterocycles. The largest absolute Gasteiger partial charge is 0.480 e. The molecule has 4 nitrogen and oxygen atoms in total. The Labute approximate surface area is 111 Å². The zero-order valence-corrected chi connectivity index (χ0v) is 11.1. The maximum Gasteiger partial charge on any atom is 0.326 e. The van der Waals surface area contributed by atoms with Crippen LogP contribution in [-0.4, -0.2) is 23.0 Å². The van der Waals surface area contributed by atoms with E-state index in [-0.39, 0.29) is 5.56 Å². The van der Waals surface area contributed by atoms with Crippen LogP contribution in [0.2, 0.25) is 0 Å². The number of hydrogen-bond acceptors (Lipinski definition) is 2. The highest BCUT2D eigenvalue weighted by Gasteiger charge is 2.20. The van der Waals surface area contributed by atoms with Crippen LogP contribution in [0.4, 0.5) is 4.39 Å². The number of aliphatic carboxylic acids is 1. The summed E-state index contributed by atoms with van der Waals surface area (Å²) in [4.78, 5) is 22.8. The number of unbranched alkanes of at least 4 members (excludes halogenated alkanes) is 1. The number of hydrogen-bond donors (Lipinski definition) is 2. The van der Waals surface area contributed by atoms with E-state index in [0.29, 0.717) is 18.4 Å². The Kier molecular flexibility index (Phi) is 5.48. The number of aryl methyl sites for hydroxylation is 1. The van der Waals surface area contributed by atoms with E-state index < -0.39 is 23.7 Å². The molecule has 0 aliphatic rings. The molecule has 0 heterocycles. The molecular formula is C14H18FNO3. The molecular weight excluding hydrogens is 249 g/mol. The first-order chi connectivity index (χ1) is 8.95. The highest BCUT2D eigenvalue weighted by Crippen LogP contribution is 2.10. The van der Waals surface area contributed by atoms with Crippen molar-refractivity contribution in [3.8, 4) is 0 Å². The van der Waals surface area contributed by atoms with Crippen LogP contribution < -0.4 is 5.32 Å². The first-order valence-corrected chi connectivity index (χ1v) is 6.25. The summed E-state index contributed by atoms with van der Waals surface area (Å²) in [5, 5.41) is 11.4. The van der Waals surface area contributed by atoms with E-state index in [2.05, 4.69) is 5.32 Å². The Morgan fingerprint density at radius 1 is 1.42 bits per heavy atom. The summed E-state index contributed by atoms with van der Waals surface area (Å²) in [5.74, 6) is -2.12. The van der Waals surface area contributed by atoms with E-state index in [9.17, 15) is 14.0 Å². The van der Waals surface area contributed by atoms with Gasteiger partial charge in [0.2, 0.25) is 0 Å². The summed E-state index contributed by atoms with van der Waals surface area (Å²) in [6, 6.07) is 3.15. The smallest absolute Gasteiger partial charge is 0.326 e. The zero-order valence-electron chi connectivity index (χ0n) is 11.1. The molecule has 0 unspecified atom stereocenters. The van der Waals surface area contributed by atoms with Gasteiger partial charge in [-0.25, -0.2) is 9.18 Å². The molecule has 1 amide bonds. The fourth-order valence-corrected chi connectivity index (χ4v) is 1.64. The molecule has 0 spiro atoms. The highest BCUT2D eigenvalue weighted by atomic mass is 19.1. The van der Waals surface area contributed by atoms with Crippen molar-refractivity contribution in [1.82, 2.24) is 5.32 Å². The standard InChI is InChI=1S/C14H18FNO3/c1-3-4-5-12(14(18)19)16-13(17)10-7-6-9(2)11(15)8-10/h6-8,12H,3-5H2,1-2H3,(H,16,17)(H,18,19)/t12-/m0/s1. The van der Waals surface area contributed by atoms with Crippen LogP contribution in [0, 0.1) is 12.7 Å². The minimum atomic E-state index is -1.07. The van der Waals surface area contributed by atoms with Crippen molar-refractivity contribution < 1.29 is 19.1 Å². The SMILES string of the molecule is CCCC[C@H](NC(=O)c1ccc(C)c(F)c1)C(=O)O. The van der Waals surface area contributed by atoms with E-state index in [1.807, 2.05) is 6.92 Å². The van der Waals surface area contributed by atoms with Crippen molar-refractivity contribution in [3.05, 3.63) is 35.1 Å². The molecule has 1 atom stereocenters. The van der Waals surface area contributed by atoms with Gasteiger partial charge in [-0.2, -0.15) is 0 Å². The van der Waals surface area contributed by atoms with Crippen molar-refractivity contribution in [2.45, 2.75) is 39.2 Å². The first-order valence-electron chi connectivity index (χ1n) is 6.25. The van der Waals surface area contributed by atoms with E-state index in [0.717, 1.165) is 12.5 Å². The Morgan fingerprint density at radius 2 is 2.11 bits per heavy atom. The van der Waals surface area contributed by atoms with Crippen LogP contribution in [0.5, 0.6) is 0 Å². The predicted octanol–water partition coefficient (Wildman–Crippen LogP) is 2.51. The summed E-state index contributed by atoms with van der Waals surface area (Å²) >= 11 is 0. The number of halogens is 1. The van der Waals surface area contributed by atoms with Crippen LogP contribution in [0.15, 0.2) is 18.2 Å². The second kappa shape index (κ2) is 6.87. The van der Waals surface area contributed by atoms with Crippen molar-refractivity contribution >= 4 is 11.9 Å². The molecule has 0 fully saturated rings. The lowest BCUT2D eigenvalue weighted by molar-refractivity contribution is -0.139. The summed E-state index contributed by atoms with van der Waals surface area (Å²) < 4.78 is 13.3. The van der Waals surface area contributed by atoms with E-state index >= 15 is 0 Å². The van der Waals surface area contributed by atoms with Crippen LogP contribution in [-0.2, 0) is 4.79 Å². The summed E-state index contributed by atoms with van der Waals surface area (Å²) in [7, 11) is 0. The maximum absolute atomic E-state index is 13.3. The highest BCUT2D eigenvalue weighted by molar-refractivity contribution is 5.96. The minimum absolute atomic E-state index is 0.130. The molecule has 5 heteroatoms. The number of carbonyl (C=O) groups excluding carboxylic acids is 1.